The van der Waals surface area contributed by atoms with Crippen LogP contribution in [0, 0.1) is 0 Å². The van der Waals surface area contributed by atoms with Crippen molar-refractivity contribution in [1.29, 1.82) is 0 Å². The van der Waals surface area contributed by atoms with E-state index in [-0.39, 0.29) is 13.2 Å². The summed E-state index contributed by atoms with van der Waals surface area (Å²) in [6.45, 7) is 1.51. The lowest BCUT2D eigenvalue weighted by Gasteiger charge is -2.23. The predicted molar refractivity (Wildman–Crippen MR) is 73.8 cm³/mol. The Hall–Kier alpha value is -0.590. The van der Waals surface area contributed by atoms with E-state index < -0.39 is 6.10 Å². The van der Waals surface area contributed by atoms with Gasteiger partial charge in [-0.25, -0.2) is 0 Å². The van der Waals surface area contributed by atoms with Crippen LogP contribution in [0.25, 0.3) is 0 Å². The molecule has 0 fully saturated rings. The Kier molecular flexibility index (Phi) is 8.04. The standard InChI is InChI=1S/C13H21NO3S/c15-8-6-14(7-9-16)10-12(17)11-18-13-4-2-1-3-5-13/h1-5,12,15-17H,6-11H2. The lowest BCUT2D eigenvalue weighted by atomic mass is 10.3. The smallest absolute Gasteiger partial charge is 0.0760 e. The van der Waals surface area contributed by atoms with Gasteiger partial charge in [-0.2, -0.15) is 0 Å². The van der Waals surface area contributed by atoms with E-state index >= 15 is 0 Å². The zero-order valence-corrected chi connectivity index (χ0v) is 11.2. The minimum Gasteiger partial charge on any atom is -0.395 e. The van der Waals surface area contributed by atoms with Gasteiger partial charge in [0, 0.05) is 30.3 Å². The highest BCUT2D eigenvalue weighted by molar-refractivity contribution is 7.99. The molecule has 102 valence electrons. The minimum atomic E-state index is -0.465. The molecule has 0 saturated heterocycles. The van der Waals surface area contributed by atoms with Crippen molar-refractivity contribution in [3.8, 4) is 0 Å². The van der Waals surface area contributed by atoms with E-state index in [4.69, 9.17) is 10.2 Å². The SMILES string of the molecule is OCCN(CCO)CC(O)CSc1ccccc1. The summed E-state index contributed by atoms with van der Waals surface area (Å²) in [5.74, 6) is 0.609. The third-order valence-corrected chi connectivity index (χ3v) is 3.64. The predicted octanol–water partition coefficient (Wildman–Crippen LogP) is 0.426. The van der Waals surface area contributed by atoms with Crippen LogP contribution in [0.1, 0.15) is 0 Å². The molecule has 0 amide bonds. The highest BCUT2D eigenvalue weighted by Gasteiger charge is 2.11. The quantitative estimate of drug-likeness (QED) is 0.568. The van der Waals surface area contributed by atoms with Gasteiger partial charge in [0.15, 0.2) is 0 Å². The Morgan fingerprint density at radius 3 is 2.22 bits per heavy atom. The molecule has 4 nitrogen and oxygen atoms in total. The van der Waals surface area contributed by atoms with Crippen molar-refractivity contribution in [2.75, 3.05) is 38.6 Å². The van der Waals surface area contributed by atoms with Crippen LogP contribution in [-0.4, -0.2) is 64.9 Å². The first-order valence-corrected chi connectivity index (χ1v) is 7.04. The van der Waals surface area contributed by atoms with Crippen molar-refractivity contribution in [2.24, 2.45) is 0 Å². The van der Waals surface area contributed by atoms with Crippen molar-refractivity contribution < 1.29 is 15.3 Å². The molecule has 1 aromatic carbocycles. The first-order chi connectivity index (χ1) is 8.76. The van der Waals surface area contributed by atoms with Gasteiger partial charge in [-0.05, 0) is 12.1 Å². The van der Waals surface area contributed by atoms with Crippen LogP contribution < -0.4 is 0 Å². The summed E-state index contributed by atoms with van der Waals surface area (Å²) in [4.78, 5) is 2.99. The second-order valence-corrected chi connectivity index (χ2v) is 5.12. The molecule has 0 aliphatic carbocycles. The first kappa shape index (κ1) is 15.5. The molecule has 1 aromatic rings. The number of rotatable bonds is 9. The van der Waals surface area contributed by atoms with Gasteiger partial charge in [0.05, 0.1) is 19.3 Å². The zero-order chi connectivity index (χ0) is 13.2. The summed E-state index contributed by atoms with van der Waals surface area (Å²) in [7, 11) is 0. The average molecular weight is 271 g/mol. The van der Waals surface area contributed by atoms with Crippen LogP contribution in [0.4, 0.5) is 0 Å². The van der Waals surface area contributed by atoms with Gasteiger partial charge in [0.2, 0.25) is 0 Å². The fraction of sp³-hybridized carbons (Fsp3) is 0.538. The first-order valence-electron chi connectivity index (χ1n) is 6.06. The van der Waals surface area contributed by atoms with Gasteiger partial charge in [-0.1, -0.05) is 18.2 Å². The minimum absolute atomic E-state index is 0.0402. The molecule has 3 N–H and O–H groups in total. The van der Waals surface area contributed by atoms with E-state index in [0.29, 0.717) is 25.4 Å². The Balaban J connectivity index is 2.29. The molecular formula is C13H21NO3S. The molecule has 0 saturated carbocycles. The van der Waals surface area contributed by atoms with Gasteiger partial charge >= 0.3 is 0 Å². The molecule has 0 bridgehead atoms. The number of nitrogens with zero attached hydrogens (tertiary/aromatic N) is 1. The van der Waals surface area contributed by atoms with Gasteiger partial charge in [-0.3, -0.25) is 4.90 Å². The summed E-state index contributed by atoms with van der Waals surface area (Å²) in [6, 6.07) is 9.93. The highest BCUT2D eigenvalue weighted by atomic mass is 32.2. The van der Waals surface area contributed by atoms with Gasteiger partial charge < -0.3 is 15.3 Å². The molecule has 18 heavy (non-hydrogen) atoms. The van der Waals surface area contributed by atoms with Crippen molar-refractivity contribution in [3.63, 3.8) is 0 Å². The molecule has 1 atom stereocenters. The summed E-state index contributed by atoms with van der Waals surface area (Å²) >= 11 is 1.61. The van der Waals surface area contributed by atoms with E-state index in [1.165, 1.54) is 0 Å². The number of aliphatic hydroxyl groups is 3. The Bertz CT molecular complexity index is 304. The Labute approximate surface area is 112 Å². The number of hydrogen-bond acceptors (Lipinski definition) is 5. The average Bonchev–Trinajstić information content (AvgIpc) is 2.38. The van der Waals surface area contributed by atoms with Crippen molar-refractivity contribution in [2.45, 2.75) is 11.0 Å². The molecule has 1 rings (SSSR count). The van der Waals surface area contributed by atoms with Crippen LogP contribution in [0.2, 0.25) is 0 Å². The van der Waals surface area contributed by atoms with E-state index in [0.717, 1.165) is 4.90 Å². The summed E-state index contributed by atoms with van der Waals surface area (Å²) in [5, 5.41) is 27.7. The van der Waals surface area contributed by atoms with Crippen LogP contribution in [0.15, 0.2) is 35.2 Å². The van der Waals surface area contributed by atoms with Crippen LogP contribution in [0.3, 0.4) is 0 Å². The lowest BCUT2D eigenvalue weighted by molar-refractivity contribution is 0.0995. The fourth-order valence-electron chi connectivity index (χ4n) is 1.64. The van der Waals surface area contributed by atoms with Gasteiger partial charge in [0.25, 0.3) is 0 Å². The molecule has 5 heteroatoms. The van der Waals surface area contributed by atoms with Gasteiger partial charge in [0.1, 0.15) is 0 Å². The Morgan fingerprint density at radius 2 is 1.67 bits per heavy atom. The third kappa shape index (κ3) is 6.37. The third-order valence-electron chi connectivity index (χ3n) is 2.49. The molecule has 0 radical (unpaired) electrons. The second kappa shape index (κ2) is 9.35. The monoisotopic (exact) mass is 271 g/mol. The Morgan fingerprint density at radius 1 is 1.06 bits per heavy atom. The van der Waals surface area contributed by atoms with E-state index in [1.807, 2.05) is 35.2 Å². The largest absolute Gasteiger partial charge is 0.395 e. The van der Waals surface area contributed by atoms with Crippen molar-refractivity contribution in [3.05, 3.63) is 30.3 Å². The molecule has 0 aliphatic heterocycles. The second-order valence-electron chi connectivity index (χ2n) is 4.03. The van der Waals surface area contributed by atoms with Gasteiger partial charge in [-0.15, -0.1) is 11.8 Å². The number of hydrogen-bond donors (Lipinski definition) is 3. The molecule has 0 aromatic heterocycles. The molecular weight excluding hydrogens is 250 g/mol. The number of thioether (sulfide) groups is 1. The molecule has 0 heterocycles. The summed E-state index contributed by atoms with van der Waals surface area (Å²) in [5.41, 5.74) is 0. The maximum Gasteiger partial charge on any atom is 0.0760 e. The van der Waals surface area contributed by atoms with Crippen molar-refractivity contribution >= 4 is 11.8 Å². The topological polar surface area (TPSA) is 63.9 Å². The maximum absolute atomic E-state index is 9.91. The van der Waals surface area contributed by atoms with E-state index in [1.54, 1.807) is 11.8 Å². The van der Waals surface area contributed by atoms with Crippen LogP contribution >= 0.6 is 11.8 Å². The fourth-order valence-corrected chi connectivity index (χ4v) is 2.48. The molecule has 0 spiro atoms. The molecule has 1 unspecified atom stereocenters. The number of benzene rings is 1. The number of aliphatic hydroxyl groups excluding tert-OH is 3. The zero-order valence-electron chi connectivity index (χ0n) is 10.4. The summed E-state index contributed by atoms with van der Waals surface area (Å²) < 4.78 is 0. The van der Waals surface area contributed by atoms with E-state index in [9.17, 15) is 5.11 Å². The lowest BCUT2D eigenvalue weighted by Crippen LogP contribution is -2.37. The van der Waals surface area contributed by atoms with Crippen molar-refractivity contribution in [1.82, 2.24) is 4.90 Å². The highest BCUT2D eigenvalue weighted by Crippen LogP contribution is 2.18. The maximum atomic E-state index is 9.91. The van der Waals surface area contributed by atoms with Crippen LogP contribution in [0.5, 0.6) is 0 Å². The molecule has 0 aliphatic rings. The normalized spacial score (nSPS) is 12.9. The van der Waals surface area contributed by atoms with Crippen LogP contribution in [-0.2, 0) is 0 Å². The van der Waals surface area contributed by atoms with E-state index in [2.05, 4.69) is 0 Å². The summed E-state index contributed by atoms with van der Waals surface area (Å²) in [6.07, 6.45) is -0.465.